The first-order valence-electron chi connectivity index (χ1n) is 7.31. The highest BCUT2D eigenvalue weighted by molar-refractivity contribution is 5.91. The SMILES string of the molecule is NC(CC(=O)Nc1cccc(Cn2ccnc2)c1)C1CC1. The van der Waals surface area contributed by atoms with E-state index in [-0.39, 0.29) is 11.9 Å². The van der Waals surface area contributed by atoms with Gasteiger partial charge in [0.25, 0.3) is 0 Å². The number of amides is 1. The van der Waals surface area contributed by atoms with Crippen LogP contribution in [0.4, 0.5) is 5.69 Å². The Morgan fingerprint density at radius 3 is 3.05 bits per heavy atom. The van der Waals surface area contributed by atoms with Gasteiger partial charge >= 0.3 is 0 Å². The van der Waals surface area contributed by atoms with Crippen LogP contribution in [-0.4, -0.2) is 21.5 Å². The zero-order valence-corrected chi connectivity index (χ0v) is 11.9. The van der Waals surface area contributed by atoms with Crippen LogP contribution >= 0.6 is 0 Å². The number of anilines is 1. The van der Waals surface area contributed by atoms with Gasteiger partial charge in [0.15, 0.2) is 0 Å². The Bertz CT molecular complexity index is 604. The number of carbonyl (C=O) groups excluding carboxylic acids is 1. The highest BCUT2D eigenvalue weighted by Crippen LogP contribution is 2.32. The largest absolute Gasteiger partial charge is 0.333 e. The van der Waals surface area contributed by atoms with E-state index < -0.39 is 0 Å². The van der Waals surface area contributed by atoms with Crippen molar-refractivity contribution in [2.24, 2.45) is 11.7 Å². The van der Waals surface area contributed by atoms with Crippen LogP contribution in [-0.2, 0) is 11.3 Å². The summed E-state index contributed by atoms with van der Waals surface area (Å²) < 4.78 is 1.99. The van der Waals surface area contributed by atoms with Crippen molar-refractivity contribution in [3.8, 4) is 0 Å². The van der Waals surface area contributed by atoms with E-state index in [0.717, 1.165) is 30.6 Å². The molecule has 0 radical (unpaired) electrons. The van der Waals surface area contributed by atoms with Gasteiger partial charge in [0.05, 0.1) is 6.33 Å². The third-order valence-corrected chi connectivity index (χ3v) is 3.78. The molecule has 0 spiro atoms. The van der Waals surface area contributed by atoms with Gasteiger partial charge in [0, 0.05) is 37.1 Å². The predicted octanol–water partition coefficient (Wildman–Crippen LogP) is 2.00. The normalized spacial score (nSPS) is 15.7. The van der Waals surface area contributed by atoms with Gasteiger partial charge < -0.3 is 15.6 Å². The van der Waals surface area contributed by atoms with Crippen molar-refractivity contribution in [2.75, 3.05) is 5.32 Å². The second-order valence-electron chi connectivity index (χ2n) is 5.69. The molecule has 1 aliphatic carbocycles. The van der Waals surface area contributed by atoms with Crippen molar-refractivity contribution >= 4 is 11.6 Å². The van der Waals surface area contributed by atoms with E-state index in [0.29, 0.717) is 12.3 Å². The number of hydrogen-bond acceptors (Lipinski definition) is 3. The van der Waals surface area contributed by atoms with Crippen molar-refractivity contribution in [2.45, 2.75) is 31.8 Å². The first kappa shape index (κ1) is 13.8. The van der Waals surface area contributed by atoms with E-state index in [1.54, 1.807) is 12.5 Å². The summed E-state index contributed by atoms with van der Waals surface area (Å²) in [5.41, 5.74) is 7.93. The fraction of sp³-hybridized carbons (Fsp3) is 0.375. The topological polar surface area (TPSA) is 72.9 Å². The summed E-state index contributed by atoms with van der Waals surface area (Å²) in [7, 11) is 0. The van der Waals surface area contributed by atoms with Crippen molar-refractivity contribution in [3.05, 3.63) is 48.5 Å². The van der Waals surface area contributed by atoms with Gasteiger partial charge in [-0.2, -0.15) is 0 Å². The average Bonchev–Trinajstić information content (AvgIpc) is 3.18. The average molecular weight is 284 g/mol. The zero-order valence-electron chi connectivity index (χ0n) is 11.9. The van der Waals surface area contributed by atoms with Crippen LogP contribution in [0.3, 0.4) is 0 Å². The molecule has 3 rings (SSSR count). The second-order valence-corrected chi connectivity index (χ2v) is 5.69. The Kier molecular flexibility index (Phi) is 4.01. The predicted molar refractivity (Wildman–Crippen MR) is 81.7 cm³/mol. The molecule has 1 aromatic carbocycles. The Labute approximate surface area is 124 Å². The van der Waals surface area contributed by atoms with Crippen molar-refractivity contribution in [3.63, 3.8) is 0 Å². The van der Waals surface area contributed by atoms with Gasteiger partial charge in [-0.3, -0.25) is 4.79 Å². The van der Waals surface area contributed by atoms with Gasteiger partial charge in [-0.15, -0.1) is 0 Å². The molecule has 21 heavy (non-hydrogen) atoms. The molecular weight excluding hydrogens is 264 g/mol. The minimum atomic E-state index is -0.00539. The lowest BCUT2D eigenvalue weighted by molar-refractivity contribution is -0.116. The lowest BCUT2D eigenvalue weighted by Crippen LogP contribution is -2.28. The van der Waals surface area contributed by atoms with Gasteiger partial charge in [-0.05, 0) is 36.5 Å². The van der Waals surface area contributed by atoms with E-state index in [4.69, 9.17) is 5.73 Å². The molecule has 2 aromatic rings. The number of carbonyl (C=O) groups is 1. The molecule has 5 nitrogen and oxygen atoms in total. The van der Waals surface area contributed by atoms with Crippen molar-refractivity contribution in [1.29, 1.82) is 0 Å². The van der Waals surface area contributed by atoms with E-state index in [2.05, 4.69) is 10.3 Å². The lowest BCUT2D eigenvalue weighted by Gasteiger charge is -2.11. The molecule has 0 aliphatic heterocycles. The summed E-state index contributed by atoms with van der Waals surface area (Å²) in [5, 5.41) is 2.93. The number of aromatic nitrogens is 2. The molecule has 5 heteroatoms. The summed E-state index contributed by atoms with van der Waals surface area (Å²) in [4.78, 5) is 16.0. The number of nitrogens with one attached hydrogen (secondary N) is 1. The Hall–Kier alpha value is -2.14. The third kappa shape index (κ3) is 3.92. The highest BCUT2D eigenvalue weighted by atomic mass is 16.1. The number of benzene rings is 1. The number of nitrogens with zero attached hydrogens (tertiary/aromatic N) is 2. The van der Waals surface area contributed by atoms with Crippen LogP contribution in [0.5, 0.6) is 0 Å². The van der Waals surface area contributed by atoms with Crippen LogP contribution in [0.15, 0.2) is 43.0 Å². The monoisotopic (exact) mass is 284 g/mol. The highest BCUT2D eigenvalue weighted by Gasteiger charge is 2.29. The maximum absolute atomic E-state index is 12.0. The second kappa shape index (κ2) is 6.10. The summed E-state index contributed by atoms with van der Waals surface area (Å²) in [6.07, 6.45) is 8.17. The molecule has 1 saturated carbocycles. The first-order chi connectivity index (χ1) is 10.2. The molecular formula is C16H20N4O. The maximum atomic E-state index is 12.0. The summed E-state index contributed by atoms with van der Waals surface area (Å²) >= 11 is 0. The zero-order chi connectivity index (χ0) is 14.7. The smallest absolute Gasteiger partial charge is 0.225 e. The molecule has 1 fully saturated rings. The lowest BCUT2D eigenvalue weighted by atomic mass is 10.1. The molecule has 1 unspecified atom stereocenters. The molecule has 1 atom stereocenters. The molecule has 3 N–H and O–H groups in total. The number of hydrogen-bond donors (Lipinski definition) is 2. The quantitative estimate of drug-likeness (QED) is 0.852. The van der Waals surface area contributed by atoms with Crippen molar-refractivity contribution < 1.29 is 4.79 Å². The van der Waals surface area contributed by atoms with E-state index >= 15 is 0 Å². The van der Waals surface area contributed by atoms with Gasteiger partial charge in [-0.25, -0.2) is 4.98 Å². The molecule has 1 aromatic heterocycles. The Morgan fingerprint density at radius 1 is 1.48 bits per heavy atom. The van der Waals surface area contributed by atoms with Crippen LogP contribution in [0, 0.1) is 5.92 Å². The van der Waals surface area contributed by atoms with E-state index in [1.807, 2.05) is 35.0 Å². The van der Waals surface area contributed by atoms with E-state index in [1.165, 1.54) is 0 Å². The fourth-order valence-corrected chi connectivity index (χ4v) is 2.46. The van der Waals surface area contributed by atoms with Crippen LogP contribution in [0.25, 0.3) is 0 Å². The number of nitrogens with two attached hydrogens (primary N) is 1. The minimum Gasteiger partial charge on any atom is -0.333 e. The summed E-state index contributed by atoms with van der Waals surface area (Å²) in [6, 6.07) is 7.87. The summed E-state index contributed by atoms with van der Waals surface area (Å²) in [5.74, 6) is 0.539. The first-order valence-corrected chi connectivity index (χ1v) is 7.31. The molecule has 0 saturated heterocycles. The summed E-state index contributed by atoms with van der Waals surface area (Å²) in [6.45, 7) is 0.741. The van der Waals surface area contributed by atoms with Gasteiger partial charge in [-0.1, -0.05) is 12.1 Å². The minimum absolute atomic E-state index is 0.000804. The molecule has 110 valence electrons. The maximum Gasteiger partial charge on any atom is 0.225 e. The third-order valence-electron chi connectivity index (χ3n) is 3.78. The standard InChI is InChI=1S/C16H20N4O/c17-15(13-4-5-13)9-16(21)19-14-3-1-2-12(8-14)10-20-7-6-18-11-20/h1-3,6-8,11,13,15H,4-5,9-10,17H2,(H,19,21). The van der Waals surface area contributed by atoms with Gasteiger partial charge in [0.2, 0.25) is 5.91 Å². The van der Waals surface area contributed by atoms with Crippen LogP contribution in [0.1, 0.15) is 24.8 Å². The van der Waals surface area contributed by atoms with Crippen LogP contribution < -0.4 is 11.1 Å². The molecule has 0 bridgehead atoms. The van der Waals surface area contributed by atoms with Crippen molar-refractivity contribution in [1.82, 2.24) is 9.55 Å². The molecule has 1 aliphatic rings. The fourth-order valence-electron chi connectivity index (χ4n) is 2.46. The van der Waals surface area contributed by atoms with E-state index in [9.17, 15) is 4.79 Å². The Morgan fingerprint density at radius 2 is 2.33 bits per heavy atom. The Balaban J connectivity index is 1.58. The number of rotatable bonds is 6. The molecule has 1 amide bonds. The number of imidazole rings is 1. The van der Waals surface area contributed by atoms with Gasteiger partial charge in [0.1, 0.15) is 0 Å². The van der Waals surface area contributed by atoms with Crippen LogP contribution in [0.2, 0.25) is 0 Å². The molecule has 1 heterocycles.